The average Bonchev–Trinajstić information content (AvgIpc) is 2.91. The van der Waals surface area contributed by atoms with E-state index in [2.05, 4.69) is 82.3 Å². The van der Waals surface area contributed by atoms with Crippen molar-refractivity contribution < 1.29 is 9.31 Å². The molecule has 0 amide bonds. The van der Waals surface area contributed by atoms with Gasteiger partial charge in [-0.2, -0.15) is 0 Å². The van der Waals surface area contributed by atoms with E-state index in [1.165, 1.54) is 48.2 Å². The smallest absolute Gasteiger partial charge is 0.399 e. The van der Waals surface area contributed by atoms with Crippen molar-refractivity contribution in [3.8, 4) is 0 Å². The van der Waals surface area contributed by atoms with E-state index in [0.717, 1.165) is 5.66 Å². The minimum atomic E-state index is -0.428. The van der Waals surface area contributed by atoms with E-state index in [1.807, 2.05) is 0 Å². The monoisotopic (exact) mass is 394 g/mol. The van der Waals surface area contributed by atoms with Crippen molar-refractivity contribution in [3.05, 3.63) is 54.6 Å². The van der Waals surface area contributed by atoms with Crippen LogP contribution in [-0.4, -0.2) is 24.0 Å². The molecular formula is C24H32BO2P. The fourth-order valence-corrected chi connectivity index (χ4v) is 7.52. The van der Waals surface area contributed by atoms with Crippen LogP contribution < -0.4 is 16.1 Å². The van der Waals surface area contributed by atoms with Gasteiger partial charge in [0.05, 0.1) is 11.2 Å². The van der Waals surface area contributed by atoms with Gasteiger partial charge < -0.3 is 9.31 Å². The maximum atomic E-state index is 6.45. The van der Waals surface area contributed by atoms with Crippen LogP contribution in [0.2, 0.25) is 0 Å². The molecule has 0 radical (unpaired) electrons. The van der Waals surface area contributed by atoms with Gasteiger partial charge in [-0.05, 0) is 70.2 Å². The van der Waals surface area contributed by atoms with Crippen molar-refractivity contribution in [1.29, 1.82) is 0 Å². The highest BCUT2D eigenvalue weighted by Crippen LogP contribution is 2.46. The summed E-state index contributed by atoms with van der Waals surface area (Å²) in [4.78, 5) is 0. The molecule has 28 heavy (non-hydrogen) atoms. The summed E-state index contributed by atoms with van der Waals surface area (Å²) in [6.45, 7) is 8.54. The number of hydrogen-bond acceptors (Lipinski definition) is 2. The summed E-state index contributed by atoms with van der Waals surface area (Å²) in [6, 6.07) is 20.0. The van der Waals surface area contributed by atoms with Crippen LogP contribution >= 0.6 is 7.92 Å². The van der Waals surface area contributed by atoms with Gasteiger partial charge in [0.25, 0.3) is 0 Å². The van der Waals surface area contributed by atoms with Crippen LogP contribution in [0.15, 0.2) is 54.6 Å². The molecule has 2 fully saturated rings. The minimum Gasteiger partial charge on any atom is -0.399 e. The third-order valence-corrected chi connectivity index (χ3v) is 9.71. The summed E-state index contributed by atoms with van der Waals surface area (Å²) in [5.74, 6) is 0. The molecule has 1 heterocycles. The lowest BCUT2D eigenvalue weighted by Crippen LogP contribution is -2.44. The number of hydrogen-bond donors (Lipinski definition) is 0. The molecule has 1 atom stereocenters. The largest absolute Gasteiger partial charge is 0.495 e. The molecule has 2 aromatic carbocycles. The summed E-state index contributed by atoms with van der Waals surface area (Å²) in [6.07, 6.45) is 6.76. The summed E-state index contributed by atoms with van der Waals surface area (Å²) in [5.41, 5.74) is 1.34. The Bertz CT molecular complexity index is 783. The summed E-state index contributed by atoms with van der Waals surface area (Å²) in [5, 5.41) is 2.92. The van der Waals surface area contributed by atoms with Crippen LogP contribution in [-0.2, 0) is 9.31 Å². The third-order valence-electron chi connectivity index (χ3n) is 6.68. The Kier molecular flexibility index (Phi) is 5.71. The lowest BCUT2D eigenvalue weighted by Gasteiger charge is -2.33. The predicted molar refractivity (Wildman–Crippen MR) is 122 cm³/mol. The summed E-state index contributed by atoms with van der Waals surface area (Å²) >= 11 is 0. The van der Waals surface area contributed by atoms with Crippen molar-refractivity contribution in [3.63, 3.8) is 0 Å². The summed E-state index contributed by atoms with van der Waals surface area (Å²) in [7, 11) is -0.721. The Balaban J connectivity index is 1.76. The standard InChI is InChI=1S/C24H32BO2P/c1-23(2)24(3,4)27-25(26-23)21-17-11-12-18-22(21)28(19-13-7-5-8-14-19)20-15-9-6-10-16-20/h5,7-8,11-14,17-18,20H,6,9-10,15-16H2,1-4H3. The first kappa shape index (κ1) is 20.1. The van der Waals surface area contributed by atoms with Crippen LogP contribution in [0, 0.1) is 0 Å². The zero-order valence-electron chi connectivity index (χ0n) is 17.7. The van der Waals surface area contributed by atoms with Crippen molar-refractivity contribution in [1.82, 2.24) is 0 Å². The van der Waals surface area contributed by atoms with Gasteiger partial charge in [0.1, 0.15) is 0 Å². The van der Waals surface area contributed by atoms with Crippen molar-refractivity contribution >= 4 is 31.1 Å². The first-order valence-corrected chi connectivity index (χ1v) is 12.1. The topological polar surface area (TPSA) is 18.5 Å². The molecule has 2 aromatic rings. The van der Waals surface area contributed by atoms with E-state index >= 15 is 0 Å². The zero-order valence-corrected chi connectivity index (χ0v) is 18.5. The first-order valence-electron chi connectivity index (χ1n) is 10.7. The Morgan fingerprint density at radius 1 is 0.786 bits per heavy atom. The van der Waals surface area contributed by atoms with Gasteiger partial charge in [-0.25, -0.2) is 0 Å². The molecular weight excluding hydrogens is 362 g/mol. The third kappa shape index (κ3) is 3.82. The van der Waals surface area contributed by atoms with Gasteiger partial charge >= 0.3 is 7.12 Å². The van der Waals surface area contributed by atoms with E-state index in [0.29, 0.717) is 0 Å². The lowest BCUT2D eigenvalue weighted by atomic mass is 9.79. The molecule has 1 saturated carbocycles. The lowest BCUT2D eigenvalue weighted by molar-refractivity contribution is 0.00578. The van der Waals surface area contributed by atoms with E-state index in [1.54, 1.807) is 0 Å². The second-order valence-corrected chi connectivity index (χ2v) is 11.6. The van der Waals surface area contributed by atoms with Crippen LogP contribution in [0.25, 0.3) is 0 Å². The fourth-order valence-electron chi connectivity index (χ4n) is 4.35. The molecule has 1 unspecified atom stereocenters. The molecule has 4 heteroatoms. The zero-order chi connectivity index (χ0) is 19.8. The van der Waals surface area contributed by atoms with Crippen molar-refractivity contribution in [2.24, 2.45) is 0 Å². The van der Waals surface area contributed by atoms with Gasteiger partial charge in [0, 0.05) is 0 Å². The normalized spacial score (nSPS) is 22.9. The van der Waals surface area contributed by atoms with Gasteiger partial charge in [-0.3, -0.25) is 0 Å². The Morgan fingerprint density at radius 3 is 2.00 bits per heavy atom. The molecule has 1 aliphatic heterocycles. The molecule has 0 spiro atoms. The molecule has 4 rings (SSSR count). The second-order valence-electron chi connectivity index (χ2n) is 9.14. The van der Waals surface area contributed by atoms with E-state index in [4.69, 9.17) is 9.31 Å². The van der Waals surface area contributed by atoms with Gasteiger partial charge in [0.15, 0.2) is 0 Å². The van der Waals surface area contributed by atoms with E-state index in [-0.39, 0.29) is 18.3 Å². The van der Waals surface area contributed by atoms with Crippen LogP contribution in [0.3, 0.4) is 0 Å². The molecule has 0 N–H and O–H groups in total. The van der Waals surface area contributed by atoms with Gasteiger partial charge in [-0.1, -0.05) is 73.9 Å². The molecule has 1 saturated heterocycles. The van der Waals surface area contributed by atoms with Crippen LogP contribution in [0.1, 0.15) is 59.8 Å². The molecule has 1 aliphatic carbocycles. The summed E-state index contributed by atoms with van der Waals surface area (Å²) < 4.78 is 12.9. The number of benzene rings is 2. The molecule has 0 aromatic heterocycles. The van der Waals surface area contributed by atoms with Crippen molar-refractivity contribution in [2.45, 2.75) is 76.7 Å². The Hall–Kier alpha value is -1.15. The van der Waals surface area contributed by atoms with Gasteiger partial charge in [0.2, 0.25) is 0 Å². The Labute approximate surface area is 171 Å². The van der Waals surface area contributed by atoms with Gasteiger partial charge in [-0.15, -0.1) is 0 Å². The van der Waals surface area contributed by atoms with Crippen LogP contribution in [0.5, 0.6) is 0 Å². The van der Waals surface area contributed by atoms with Crippen molar-refractivity contribution in [2.75, 3.05) is 0 Å². The highest BCUT2D eigenvalue weighted by atomic mass is 31.1. The predicted octanol–water partition coefficient (Wildman–Crippen LogP) is 4.75. The molecule has 0 bridgehead atoms. The number of rotatable bonds is 4. The maximum Gasteiger partial charge on any atom is 0.495 e. The average molecular weight is 394 g/mol. The maximum absolute atomic E-state index is 6.45. The van der Waals surface area contributed by atoms with E-state index < -0.39 is 7.92 Å². The highest BCUT2D eigenvalue weighted by molar-refractivity contribution is 7.74. The minimum absolute atomic E-state index is 0.293. The SMILES string of the molecule is CC1(C)OB(c2ccccc2P(c2ccccc2)C2CCCCC2)OC1(C)C. The molecule has 2 nitrogen and oxygen atoms in total. The van der Waals surface area contributed by atoms with Crippen LogP contribution in [0.4, 0.5) is 0 Å². The van der Waals surface area contributed by atoms with E-state index in [9.17, 15) is 0 Å². The fraction of sp³-hybridized carbons (Fsp3) is 0.500. The molecule has 148 valence electrons. The second kappa shape index (κ2) is 7.94. The molecule has 2 aliphatic rings. The Morgan fingerprint density at radius 2 is 1.36 bits per heavy atom. The highest BCUT2D eigenvalue weighted by Gasteiger charge is 2.52. The first-order chi connectivity index (χ1) is 13.4. The quantitative estimate of drug-likeness (QED) is 0.550.